The molecule has 1 aromatic rings. The number of carbonyl (C=O) groups is 2. The molecule has 2 aliphatic rings. The molecule has 0 spiro atoms. The smallest absolute Gasteiger partial charge is 0.404 e. The van der Waals surface area contributed by atoms with E-state index in [-0.39, 0.29) is 37.0 Å². The SMILES string of the molecule is CCNCC(CC1CCCCC1)NC(=O)N1CCCC(C(OCCNC(=O)O)c2cccc(F)c2)C1. The summed E-state index contributed by atoms with van der Waals surface area (Å²) < 4.78 is 20.1. The number of ether oxygens (including phenoxy) is 1. The normalized spacial score (nSPS) is 20.5. The molecule has 9 heteroatoms. The number of carboxylic acid groups (broad SMARTS) is 1. The summed E-state index contributed by atoms with van der Waals surface area (Å²) in [7, 11) is 0. The number of carbonyl (C=O) groups excluding carboxylic acids is 1. The van der Waals surface area contributed by atoms with Gasteiger partial charge in [0.2, 0.25) is 0 Å². The minimum absolute atomic E-state index is 0.0123. The van der Waals surface area contributed by atoms with Crippen LogP contribution in [0.1, 0.15) is 70.0 Å². The van der Waals surface area contributed by atoms with Crippen molar-refractivity contribution < 1.29 is 23.8 Å². The van der Waals surface area contributed by atoms with Gasteiger partial charge in [0.1, 0.15) is 5.82 Å². The Morgan fingerprint density at radius 3 is 2.72 bits per heavy atom. The van der Waals surface area contributed by atoms with E-state index in [2.05, 4.69) is 22.9 Å². The average Bonchev–Trinajstić information content (AvgIpc) is 2.87. The van der Waals surface area contributed by atoms with Gasteiger partial charge >= 0.3 is 12.1 Å². The van der Waals surface area contributed by atoms with Crippen LogP contribution in [-0.4, -0.2) is 67.5 Å². The second-order valence-corrected chi connectivity index (χ2v) is 10.1. The lowest BCUT2D eigenvalue weighted by Crippen LogP contribution is -2.52. The Kier molecular flexibility index (Phi) is 11.7. The number of likely N-dealkylation sites (N-methyl/N-ethyl adjacent to an activating group) is 1. The number of piperidine rings is 1. The minimum Gasteiger partial charge on any atom is -0.465 e. The van der Waals surface area contributed by atoms with Gasteiger partial charge in [0.25, 0.3) is 0 Å². The quantitative estimate of drug-likeness (QED) is 0.312. The Bertz CT molecular complexity index is 821. The Labute approximate surface area is 214 Å². The van der Waals surface area contributed by atoms with Crippen molar-refractivity contribution in [2.24, 2.45) is 11.8 Å². The molecule has 2 fully saturated rings. The number of halogens is 1. The molecule has 4 N–H and O–H groups in total. The topological polar surface area (TPSA) is 103 Å². The summed E-state index contributed by atoms with van der Waals surface area (Å²) >= 11 is 0. The fourth-order valence-corrected chi connectivity index (χ4v) is 5.58. The highest BCUT2D eigenvalue weighted by Gasteiger charge is 2.32. The van der Waals surface area contributed by atoms with E-state index in [0.29, 0.717) is 24.6 Å². The molecule has 202 valence electrons. The molecule has 1 heterocycles. The van der Waals surface area contributed by atoms with E-state index < -0.39 is 12.2 Å². The van der Waals surface area contributed by atoms with E-state index in [0.717, 1.165) is 32.4 Å². The summed E-state index contributed by atoms with van der Waals surface area (Å²) in [4.78, 5) is 26.0. The average molecular weight is 507 g/mol. The summed E-state index contributed by atoms with van der Waals surface area (Å²) in [5.41, 5.74) is 0.708. The molecule has 0 aromatic heterocycles. The monoisotopic (exact) mass is 506 g/mol. The number of rotatable bonds is 12. The lowest BCUT2D eigenvalue weighted by Gasteiger charge is -2.38. The highest BCUT2D eigenvalue weighted by molar-refractivity contribution is 5.74. The molecule has 0 radical (unpaired) electrons. The number of nitrogens with one attached hydrogen (secondary N) is 3. The third-order valence-corrected chi connectivity index (χ3v) is 7.34. The third kappa shape index (κ3) is 9.24. The van der Waals surface area contributed by atoms with Gasteiger partial charge in [-0.05, 0) is 49.4 Å². The van der Waals surface area contributed by atoms with Crippen LogP contribution in [0.4, 0.5) is 14.0 Å². The maximum atomic E-state index is 14.0. The highest BCUT2D eigenvalue weighted by atomic mass is 19.1. The highest BCUT2D eigenvalue weighted by Crippen LogP contribution is 2.33. The summed E-state index contributed by atoms with van der Waals surface area (Å²) in [6.07, 6.45) is 7.52. The van der Waals surface area contributed by atoms with Crippen molar-refractivity contribution >= 4 is 12.1 Å². The molecule has 3 atom stereocenters. The molecule has 1 aliphatic heterocycles. The standard InChI is InChI=1S/C27H43FN4O4/c1-2-29-18-24(16-20-8-4-3-5-9-20)31-26(33)32-14-7-11-22(19-32)25(36-15-13-30-27(34)35)21-10-6-12-23(28)17-21/h6,10,12,17,20,22,24-25,29-30H,2-5,7-9,11,13-16,18-19H2,1H3,(H,31,33)(H,34,35). The van der Waals surface area contributed by atoms with Crippen LogP contribution in [0.5, 0.6) is 0 Å². The van der Waals surface area contributed by atoms with Crippen LogP contribution in [0, 0.1) is 17.7 Å². The van der Waals surface area contributed by atoms with Crippen molar-refractivity contribution in [3.8, 4) is 0 Å². The Hall–Kier alpha value is -2.39. The van der Waals surface area contributed by atoms with Crippen molar-refractivity contribution in [1.29, 1.82) is 0 Å². The van der Waals surface area contributed by atoms with Crippen LogP contribution in [0.15, 0.2) is 24.3 Å². The van der Waals surface area contributed by atoms with Crippen molar-refractivity contribution in [2.45, 2.75) is 70.4 Å². The molecular weight excluding hydrogens is 463 g/mol. The summed E-state index contributed by atoms with van der Waals surface area (Å²) in [6.45, 7) is 5.21. The molecule has 3 unspecified atom stereocenters. The maximum Gasteiger partial charge on any atom is 0.404 e. The van der Waals surface area contributed by atoms with Gasteiger partial charge in [-0.15, -0.1) is 0 Å². The molecule has 1 saturated heterocycles. The summed E-state index contributed by atoms with van der Waals surface area (Å²) in [5, 5.41) is 17.8. The van der Waals surface area contributed by atoms with Crippen molar-refractivity contribution in [3.63, 3.8) is 0 Å². The Balaban J connectivity index is 1.63. The lowest BCUT2D eigenvalue weighted by atomic mass is 9.84. The van der Waals surface area contributed by atoms with E-state index in [4.69, 9.17) is 9.84 Å². The summed E-state index contributed by atoms with van der Waals surface area (Å²) in [6, 6.07) is 6.38. The fourth-order valence-electron chi connectivity index (χ4n) is 5.58. The number of benzene rings is 1. The lowest BCUT2D eigenvalue weighted by molar-refractivity contribution is -0.00867. The Morgan fingerprint density at radius 1 is 1.19 bits per heavy atom. The predicted molar refractivity (Wildman–Crippen MR) is 137 cm³/mol. The van der Waals surface area contributed by atoms with Crippen LogP contribution in [0.3, 0.4) is 0 Å². The first kappa shape index (κ1) is 28.2. The van der Waals surface area contributed by atoms with Crippen molar-refractivity contribution in [1.82, 2.24) is 20.9 Å². The zero-order valence-corrected chi connectivity index (χ0v) is 21.5. The van der Waals surface area contributed by atoms with Gasteiger partial charge in [0, 0.05) is 38.1 Å². The van der Waals surface area contributed by atoms with Gasteiger partial charge in [0.15, 0.2) is 0 Å². The first-order chi connectivity index (χ1) is 17.5. The van der Waals surface area contributed by atoms with Gasteiger partial charge in [-0.3, -0.25) is 0 Å². The molecule has 1 aromatic carbocycles. The molecule has 36 heavy (non-hydrogen) atoms. The molecule has 3 rings (SSSR count). The van der Waals surface area contributed by atoms with E-state index in [1.54, 1.807) is 6.07 Å². The number of likely N-dealkylation sites (tertiary alicyclic amines) is 1. The second-order valence-electron chi connectivity index (χ2n) is 10.1. The molecule has 8 nitrogen and oxygen atoms in total. The minimum atomic E-state index is -1.11. The van der Waals surface area contributed by atoms with Gasteiger partial charge in [-0.1, -0.05) is 51.2 Å². The van der Waals surface area contributed by atoms with Gasteiger partial charge in [0.05, 0.1) is 12.7 Å². The first-order valence-corrected chi connectivity index (χ1v) is 13.6. The van der Waals surface area contributed by atoms with Crippen LogP contribution >= 0.6 is 0 Å². The van der Waals surface area contributed by atoms with E-state index in [9.17, 15) is 14.0 Å². The van der Waals surface area contributed by atoms with E-state index in [1.807, 2.05) is 11.0 Å². The number of urea groups is 1. The maximum absolute atomic E-state index is 14.0. The van der Waals surface area contributed by atoms with Crippen LogP contribution < -0.4 is 16.0 Å². The van der Waals surface area contributed by atoms with Gasteiger partial charge in [-0.25, -0.2) is 14.0 Å². The molecule has 1 saturated carbocycles. The van der Waals surface area contributed by atoms with E-state index >= 15 is 0 Å². The first-order valence-electron chi connectivity index (χ1n) is 13.6. The number of hydrogen-bond acceptors (Lipinski definition) is 4. The second kappa shape index (κ2) is 15.0. The number of amides is 3. The number of nitrogens with zero attached hydrogens (tertiary/aromatic N) is 1. The van der Waals surface area contributed by atoms with Crippen LogP contribution in [0.25, 0.3) is 0 Å². The summed E-state index contributed by atoms with van der Waals surface area (Å²) in [5.74, 6) is 0.313. The van der Waals surface area contributed by atoms with Crippen molar-refractivity contribution in [3.05, 3.63) is 35.6 Å². The van der Waals surface area contributed by atoms with Gasteiger partial charge in [-0.2, -0.15) is 0 Å². The van der Waals surface area contributed by atoms with E-state index in [1.165, 1.54) is 44.2 Å². The zero-order valence-electron chi connectivity index (χ0n) is 21.5. The molecule has 3 amide bonds. The predicted octanol–water partition coefficient (Wildman–Crippen LogP) is 4.52. The van der Waals surface area contributed by atoms with Crippen molar-refractivity contribution in [2.75, 3.05) is 39.3 Å². The Morgan fingerprint density at radius 2 is 2.00 bits per heavy atom. The molecular formula is C27H43FN4O4. The largest absolute Gasteiger partial charge is 0.465 e. The fraction of sp³-hybridized carbons (Fsp3) is 0.704. The van der Waals surface area contributed by atoms with Crippen LogP contribution in [-0.2, 0) is 4.74 Å². The molecule has 0 bridgehead atoms. The third-order valence-electron chi connectivity index (χ3n) is 7.34. The molecule has 1 aliphatic carbocycles. The number of hydrogen-bond donors (Lipinski definition) is 4. The van der Waals surface area contributed by atoms with Gasteiger partial charge < -0.3 is 30.7 Å². The van der Waals surface area contributed by atoms with Crippen LogP contribution in [0.2, 0.25) is 0 Å². The zero-order chi connectivity index (χ0) is 25.8.